The molecular weight excluding hydrogens is 370 g/mol. The fourth-order valence-electron chi connectivity index (χ4n) is 4.01. The fraction of sp³-hybridized carbons (Fsp3) is 0.391. The number of aryl methyl sites for hydroxylation is 2. The number of furan rings is 1. The van der Waals surface area contributed by atoms with Crippen LogP contribution in [0.4, 0.5) is 5.69 Å². The van der Waals surface area contributed by atoms with Gasteiger partial charge in [0.25, 0.3) is 10.0 Å². The summed E-state index contributed by atoms with van der Waals surface area (Å²) < 4.78 is 34.2. The van der Waals surface area contributed by atoms with Crippen molar-refractivity contribution in [1.29, 1.82) is 0 Å². The summed E-state index contributed by atoms with van der Waals surface area (Å²) in [4.78, 5) is 0.264. The molecule has 5 heteroatoms. The normalized spacial score (nSPS) is 17.5. The molecule has 1 aliphatic carbocycles. The third kappa shape index (κ3) is 3.55. The average Bonchev–Trinajstić information content (AvgIpc) is 2.98. The van der Waals surface area contributed by atoms with E-state index in [-0.39, 0.29) is 10.3 Å². The van der Waals surface area contributed by atoms with Gasteiger partial charge in [-0.2, -0.15) is 0 Å². The maximum Gasteiger partial charge on any atom is 0.261 e. The van der Waals surface area contributed by atoms with Crippen LogP contribution in [0.3, 0.4) is 0 Å². The van der Waals surface area contributed by atoms with Gasteiger partial charge in [-0.05, 0) is 61.4 Å². The molecule has 4 rings (SSSR count). The predicted octanol–water partition coefficient (Wildman–Crippen LogP) is 5.69. The maximum atomic E-state index is 12.7. The van der Waals surface area contributed by atoms with Crippen molar-refractivity contribution in [1.82, 2.24) is 0 Å². The summed E-state index contributed by atoms with van der Waals surface area (Å²) in [6, 6.07) is 12.4. The first-order valence-electron chi connectivity index (χ1n) is 9.77. The van der Waals surface area contributed by atoms with Gasteiger partial charge in [-0.15, -0.1) is 0 Å². The Morgan fingerprint density at radius 3 is 2.46 bits per heavy atom. The van der Waals surface area contributed by atoms with E-state index in [2.05, 4.69) is 25.5 Å². The third-order valence-corrected chi connectivity index (χ3v) is 7.25. The Morgan fingerprint density at radius 2 is 1.79 bits per heavy atom. The van der Waals surface area contributed by atoms with Crippen molar-refractivity contribution in [2.24, 2.45) is 11.3 Å². The standard InChI is InChI=1S/C23H27NO3S/c1-15-5-9-18(10-6-15)28(25,26)24-17-8-12-22-20(14-17)19-13-16(23(2,3)4)7-11-21(19)27-22/h5-6,8-10,12,14,16,24H,7,11,13H2,1-4H3. The summed E-state index contributed by atoms with van der Waals surface area (Å²) >= 11 is 0. The monoisotopic (exact) mass is 397 g/mol. The number of benzene rings is 2. The molecule has 1 aromatic heterocycles. The predicted molar refractivity (Wildman–Crippen MR) is 113 cm³/mol. The summed E-state index contributed by atoms with van der Waals surface area (Å²) in [6.07, 6.45) is 3.04. The first kappa shape index (κ1) is 19.1. The summed E-state index contributed by atoms with van der Waals surface area (Å²) in [5.74, 6) is 1.64. The number of hydrogen-bond acceptors (Lipinski definition) is 3. The molecule has 2 aromatic carbocycles. The highest BCUT2D eigenvalue weighted by molar-refractivity contribution is 7.92. The number of rotatable bonds is 3. The van der Waals surface area contributed by atoms with Gasteiger partial charge in [0.15, 0.2) is 0 Å². The van der Waals surface area contributed by atoms with Crippen LogP contribution < -0.4 is 4.72 Å². The summed E-state index contributed by atoms with van der Waals surface area (Å²) in [6.45, 7) is 8.79. The molecule has 0 saturated heterocycles. The second kappa shape index (κ2) is 6.66. The van der Waals surface area contributed by atoms with Crippen LogP contribution in [0.1, 0.15) is 44.1 Å². The number of anilines is 1. The molecule has 4 nitrogen and oxygen atoms in total. The van der Waals surface area contributed by atoms with Crippen LogP contribution in [0.5, 0.6) is 0 Å². The zero-order valence-corrected chi connectivity index (χ0v) is 17.7. The van der Waals surface area contributed by atoms with Crippen molar-refractivity contribution in [3.05, 3.63) is 59.4 Å². The largest absolute Gasteiger partial charge is 0.461 e. The Morgan fingerprint density at radius 1 is 1.07 bits per heavy atom. The summed E-state index contributed by atoms with van der Waals surface area (Å²) in [5, 5.41) is 1.02. The Balaban J connectivity index is 1.68. The molecule has 0 radical (unpaired) electrons. The molecule has 0 spiro atoms. The molecule has 1 atom stereocenters. The lowest BCUT2D eigenvalue weighted by molar-refractivity contribution is 0.210. The lowest BCUT2D eigenvalue weighted by Crippen LogP contribution is -2.26. The van der Waals surface area contributed by atoms with Gasteiger partial charge in [0.05, 0.1) is 4.90 Å². The summed E-state index contributed by atoms with van der Waals surface area (Å²) in [7, 11) is -3.62. The fourth-order valence-corrected chi connectivity index (χ4v) is 5.06. The molecule has 3 aromatic rings. The van der Waals surface area contributed by atoms with Crippen molar-refractivity contribution in [2.45, 2.75) is 51.9 Å². The Bertz CT molecular complexity index is 1120. The molecule has 1 heterocycles. The van der Waals surface area contributed by atoms with Crippen LogP contribution in [0.2, 0.25) is 0 Å². The molecule has 0 bridgehead atoms. The van der Waals surface area contributed by atoms with E-state index >= 15 is 0 Å². The Labute approximate surface area is 167 Å². The molecule has 1 unspecified atom stereocenters. The van der Waals surface area contributed by atoms with Crippen LogP contribution in [-0.2, 0) is 22.9 Å². The topological polar surface area (TPSA) is 59.3 Å². The van der Waals surface area contributed by atoms with Crippen molar-refractivity contribution < 1.29 is 12.8 Å². The van der Waals surface area contributed by atoms with E-state index in [0.29, 0.717) is 11.6 Å². The number of fused-ring (bicyclic) bond motifs is 3. The van der Waals surface area contributed by atoms with Gasteiger partial charge in [-0.1, -0.05) is 38.5 Å². The second-order valence-corrected chi connectivity index (χ2v) is 10.6. The van der Waals surface area contributed by atoms with Crippen LogP contribution >= 0.6 is 0 Å². The van der Waals surface area contributed by atoms with Gasteiger partial charge in [0, 0.05) is 23.1 Å². The van der Waals surface area contributed by atoms with Gasteiger partial charge >= 0.3 is 0 Å². The smallest absolute Gasteiger partial charge is 0.261 e. The zero-order chi connectivity index (χ0) is 20.1. The van der Waals surface area contributed by atoms with Crippen LogP contribution in [0, 0.1) is 18.3 Å². The molecule has 1 aliphatic rings. The number of hydrogen-bond donors (Lipinski definition) is 1. The lowest BCUT2D eigenvalue weighted by Gasteiger charge is -2.33. The van der Waals surface area contributed by atoms with E-state index in [1.165, 1.54) is 5.56 Å². The van der Waals surface area contributed by atoms with Gasteiger partial charge in [-0.3, -0.25) is 4.72 Å². The molecule has 28 heavy (non-hydrogen) atoms. The molecule has 1 N–H and O–H groups in total. The highest BCUT2D eigenvalue weighted by atomic mass is 32.2. The van der Waals surface area contributed by atoms with Crippen molar-refractivity contribution in [3.8, 4) is 0 Å². The molecule has 0 fully saturated rings. The average molecular weight is 398 g/mol. The minimum absolute atomic E-state index is 0.242. The van der Waals surface area contributed by atoms with Gasteiger partial charge in [-0.25, -0.2) is 8.42 Å². The zero-order valence-electron chi connectivity index (χ0n) is 16.9. The van der Waals surface area contributed by atoms with Gasteiger partial charge in [0.1, 0.15) is 11.3 Å². The van der Waals surface area contributed by atoms with Crippen LogP contribution in [-0.4, -0.2) is 8.42 Å². The third-order valence-electron chi connectivity index (χ3n) is 5.85. The quantitative estimate of drug-likeness (QED) is 0.617. The molecule has 0 saturated carbocycles. The summed E-state index contributed by atoms with van der Waals surface area (Å²) in [5.41, 5.74) is 3.90. The molecule has 148 valence electrons. The van der Waals surface area contributed by atoms with E-state index < -0.39 is 10.0 Å². The molecular formula is C23H27NO3S. The van der Waals surface area contributed by atoms with Crippen LogP contribution in [0.25, 0.3) is 11.0 Å². The highest BCUT2D eigenvalue weighted by Crippen LogP contribution is 2.41. The van der Waals surface area contributed by atoms with Crippen molar-refractivity contribution in [2.75, 3.05) is 4.72 Å². The molecule has 0 amide bonds. The highest BCUT2D eigenvalue weighted by Gasteiger charge is 2.31. The van der Waals surface area contributed by atoms with Crippen molar-refractivity contribution in [3.63, 3.8) is 0 Å². The number of nitrogens with one attached hydrogen (secondary N) is 1. The van der Waals surface area contributed by atoms with E-state index in [4.69, 9.17) is 4.42 Å². The first-order chi connectivity index (χ1) is 13.1. The van der Waals surface area contributed by atoms with E-state index in [0.717, 1.165) is 41.6 Å². The van der Waals surface area contributed by atoms with E-state index in [1.807, 2.05) is 19.1 Å². The van der Waals surface area contributed by atoms with E-state index in [1.54, 1.807) is 30.3 Å². The van der Waals surface area contributed by atoms with Gasteiger partial charge in [0.2, 0.25) is 0 Å². The minimum atomic E-state index is -3.62. The number of sulfonamides is 1. The van der Waals surface area contributed by atoms with Crippen molar-refractivity contribution >= 4 is 26.7 Å². The maximum absolute atomic E-state index is 12.7. The SMILES string of the molecule is Cc1ccc(S(=O)(=O)Nc2ccc3oc4c(c3c2)CC(C(C)(C)C)CC4)cc1. The lowest BCUT2D eigenvalue weighted by atomic mass is 9.71. The first-order valence-corrected chi connectivity index (χ1v) is 11.3. The Hall–Kier alpha value is -2.27. The Kier molecular flexibility index (Phi) is 4.53. The minimum Gasteiger partial charge on any atom is -0.461 e. The van der Waals surface area contributed by atoms with Crippen LogP contribution in [0.15, 0.2) is 51.8 Å². The molecule has 0 aliphatic heterocycles. The van der Waals surface area contributed by atoms with E-state index in [9.17, 15) is 8.42 Å². The second-order valence-electron chi connectivity index (χ2n) is 8.94. The van der Waals surface area contributed by atoms with Gasteiger partial charge < -0.3 is 4.42 Å².